The van der Waals surface area contributed by atoms with Crippen molar-refractivity contribution < 1.29 is 9.53 Å². The van der Waals surface area contributed by atoms with E-state index in [-0.39, 0.29) is 18.7 Å². The van der Waals surface area contributed by atoms with Crippen molar-refractivity contribution in [3.63, 3.8) is 0 Å². The lowest BCUT2D eigenvalue weighted by Crippen LogP contribution is -2.25. The van der Waals surface area contributed by atoms with Gasteiger partial charge in [-0.2, -0.15) is 0 Å². The predicted octanol–water partition coefficient (Wildman–Crippen LogP) is 3.84. The molecular formula is C20H16N2O3S. The first kappa shape index (κ1) is 16.5. The molecule has 0 spiro atoms. The number of rotatable bonds is 4. The molecule has 6 heteroatoms. The van der Waals surface area contributed by atoms with E-state index in [2.05, 4.69) is 17.1 Å². The van der Waals surface area contributed by atoms with E-state index in [9.17, 15) is 9.59 Å². The van der Waals surface area contributed by atoms with Crippen LogP contribution in [0.5, 0.6) is 0 Å². The van der Waals surface area contributed by atoms with Gasteiger partial charge in [-0.3, -0.25) is 14.2 Å². The largest absolute Gasteiger partial charge is 0.465 e. The Hall–Kier alpha value is -2.99. The summed E-state index contributed by atoms with van der Waals surface area (Å²) in [7, 11) is 0. The maximum Gasteiger partial charge on any atom is 0.326 e. The Morgan fingerprint density at radius 1 is 1.19 bits per heavy atom. The zero-order valence-electron chi connectivity index (χ0n) is 14.1. The van der Waals surface area contributed by atoms with Crippen LogP contribution in [-0.2, 0) is 16.1 Å². The minimum absolute atomic E-state index is 0.136. The summed E-state index contributed by atoms with van der Waals surface area (Å²) in [4.78, 5) is 29.6. The number of thiophene rings is 1. The first-order valence-corrected chi connectivity index (χ1v) is 9.17. The summed E-state index contributed by atoms with van der Waals surface area (Å²) in [6.07, 6.45) is 1.41. The van der Waals surface area contributed by atoms with E-state index < -0.39 is 5.97 Å². The summed E-state index contributed by atoms with van der Waals surface area (Å²) in [5, 5.41) is 4.74. The molecule has 0 saturated heterocycles. The fourth-order valence-corrected chi connectivity index (χ4v) is 3.90. The number of carbonyl (C=O) groups is 1. The Morgan fingerprint density at radius 2 is 2.00 bits per heavy atom. The zero-order valence-corrected chi connectivity index (χ0v) is 15.0. The summed E-state index contributed by atoms with van der Waals surface area (Å²) < 4.78 is 6.24. The van der Waals surface area contributed by atoms with Gasteiger partial charge in [-0.1, -0.05) is 36.4 Å². The molecule has 2 aromatic heterocycles. The van der Waals surface area contributed by atoms with E-state index in [1.54, 1.807) is 6.92 Å². The molecule has 5 nitrogen and oxygen atoms in total. The van der Waals surface area contributed by atoms with Crippen LogP contribution in [0.4, 0.5) is 0 Å². The average Bonchev–Trinajstić information content (AvgIpc) is 3.09. The number of nitrogens with zero attached hydrogens (tertiary/aromatic N) is 2. The van der Waals surface area contributed by atoms with Gasteiger partial charge in [0.15, 0.2) is 0 Å². The van der Waals surface area contributed by atoms with Crippen molar-refractivity contribution in [3.05, 3.63) is 64.5 Å². The molecule has 0 aliphatic rings. The molecule has 0 fully saturated rings. The molecule has 4 aromatic rings. The van der Waals surface area contributed by atoms with E-state index in [0.717, 1.165) is 21.9 Å². The Kier molecular flexibility index (Phi) is 4.26. The SMILES string of the molecule is CCOC(=O)Cn1cnc2scc(-c3ccc4ccccc4c3)c2c1=O. The van der Waals surface area contributed by atoms with Crippen LogP contribution in [0.2, 0.25) is 0 Å². The molecule has 0 aliphatic carbocycles. The highest BCUT2D eigenvalue weighted by Crippen LogP contribution is 2.32. The van der Waals surface area contributed by atoms with Gasteiger partial charge in [0.2, 0.25) is 0 Å². The van der Waals surface area contributed by atoms with Gasteiger partial charge in [0.05, 0.1) is 18.3 Å². The monoisotopic (exact) mass is 364 g/mol. The van der Waals surface area contributed by atoms with Crippen LogP contribution in [0.25, 0.3) is 32.1 Å². The normalized spacial score (nSPS) is 11.1. The summed E-state index contributed by atoms with van der Waals surface area (Å²) in [5.74, 6) is -0.446. The van der Waals surface area contributed by atoms with Crippen LogP contribution in [0.15, 0.2) is 59.0 Å². The molecule has 26 heavy (non-hydrogen) atoms. The number of hydrogen-bond donors (Lipinski definition) is 0. The van der Waals surface area contributed by atoms with E-state index in [0.29, 0.717) is 10.2 Å². The highest BCUT2D eigenvalue weighted by atomic mass is 32.1. The van der Waals surface area contributed by atoms with Crippen LogP contribution in [0, 0.1) is 0 Å². The minimum atomic E-state index is -0.446. The zero-order chi connectivity index (χ0) is 18.1. The molecule has 130 valence electrons. The van der Waals surface area contributed by atoms with Crippen molar-refractivity contribution in [2.75, 3.05) is 6.61 Å². The van der Waals surface area contributed by atoms with Crippen molar-refractivity contribution >= 4 is 38.3 Å². The molecule has 0 aliphatic heterocycles. The number of benzene rings is 2. The van der Waals surface area contributed by atoms with E-state index >= 15 is 0 Å². The smallest absolute Gasteiger partial charge is 0.326 e. The van der Waals surface area contributed by atoms with Gasteiger partial charge < -0.3 is 4.74 Å². The van der Waals surface area contributed by atoms with Gasteiger partial charge in [-0.25, -0.2) is 4.98 Å². The molecule has 0 amide bonds. The number of ether oxygens (including phenoxy) is 1. The standard InChI is InChI=1S/C20H16N2O3S/c1-2-25-17(23)10-22-12-21-19-18(20(22)24)16(11-26-19)15-8-7-13-5-3-4-6-14(13)9-15/h3-9,11-12H,2,10H2,1H3. The third kappa shape index (κ3) is 2.88. The van der Waals surface area contributed by atoms with Crippen LogP contribution in [0.1, 0.15) is 6.92 Å². The quantitative estimate of drug-likeness (QED) is 0.516. The van der Waals surface area contributed by atoms with Gasteiger partial charge in [0, 0.05) is 10.9 Å². The second kappa shape index (κ2) is 6.72. The third-order valence-electron chi connectivity index (χ3n) is 4.23. The van der Waals surface area contributed by atoms with E-state index in [4.69, 9.17) is 4.74 Å². The third-order valence-corrected chi connectivity index (χ3v) is 5.11. The summed E-state index contributed by atoms with van der Waals surface area (Å²) in [6, 6.07) is 14.2. The van der Waals surface area contributed by atoms with Crippen LogP contribution in [0.3, 0.4) is 0 Å². The number of esters is 1. The van der Waals surface area contributed by atoms with Crippen LogP contribution < -0.4 is 5.56 Å². The minimum Gasteiger partial charge on any atom is -0.465 e. The fraction of sp³-hybridized carbons (Fsp3) is 0.150. The van der Waals surface area contributed by atoms with Crippen molar-refractivity contribution in [2.24, 2.45) is 0 Å². The van der Waals surface area contributed by atoms with Crippen molar-refractivity contribution in [1.29, 1.82) is 0 Å². The first-order chi connectivity index (χ1) is 12.7. The number of hydrogen-bond acceptors (Lipinski definition) is 5. The predicted molar refractivity (Wildman–Crippen MR) is 103 cm³/mol. The molecule has 0 radical (unpaired) electrons. The van der Waals surface area contributed by atoms with Gasteiger partial charge in [-0.15, -0.1) is 11.3 Å². The number of carbonyl (C=O) groups excluding carboxylic acids is 1. The lowest BCUT2D eigenvalue weighted by molar-refractivity contribution is -0.143. The molecule has 0 unspecified atom stereocenters. The van der Waals surface area contributed by atoms with Gasteiger partial charge in [0.25, 0.3) is 5.56 Å². The van der Waals surface area contributed by atoms with Gasteiger partial charge in [-0.05, 0) is 29.3 Å². The first-order valence-electron chi connectivity index (χ1n) is 8.29. The van der Waals surface area contributed by atoms with Crippen LogP contribution in [-0.4, -0.2) is 22.1 Å². The van der Waals surface area contributed by atoms with Crippen molar-refractivity contribution in [3.8, 4) is 11.1 Å². The number of fused-ring (bicyclic) bond motifs is 2. The summed E-state index contributed by atoms with van der Waals surface area (Å²) in [5.41, 5.74) is 1.57. The average molecular weight is 364 g/mol. The maximum absolute atomic E-state index is 12.9. The van der Waals surface area contributed by atoms with Crippen LogP contribution >= 0.6 is 11.3 Å². The second-order valence-corrected chi connectivity index (χ2v) is 6.73. The lowest BCUT2D eigenvalue weighted by Gasteiger charge is -2.06. The summed E-state index contributed by atoms with van der Waals surface area (Å²) in [6.45, 7) is 1.88. The topological polar surface area (TPSA) is 61.2 Å². The Bertz CT molecular complexity index is 1180. The van der Waals surface area contributed by atoms with Gasteiger partial charge >= 0.3 is 5.97 Å². The highest BCUT2D eigenvalue weighted by molar-refractivity contribution is 7.17. The molecule has 0 bridgehead atoms. The van der Waals surface area contributed by atoms with Crippen molar-refractivity contribution in [1.82, 2.24) is 9.55 Å². The van der Waals surface area contributed by atoms with E-state index in [1.807, 2.05) is 35.7 Å². The molecule has 0 saturated carbocycles. The molecule has 0 N–H and O–H groups in total. The highest BCUT2D eigenvalue weighted by Gasteiger charge is 2.15. The number of aromatic nitrogens is 2. The molecule has 2 aromatic carbocycles. The van der Waals surface area contributed by atoms with Crippen molar-refractivity contribution in [2.45, 2.75) is 13.5 Å². The molecule has 0 atom stereocenters. The van der Waals surface area contributed by atoms with Gasteiger partial charge in [0.1, 0.15) is 11.4 Å². The Morgan fingerprint density at radius 3 is 2.81 bits per heavy atom. The van der Waals surface area contributed by atoms with E-state index in [1.165, 1.54) is 22.2 Å². The molecular weight excluding hydrogens is 348 g/mol. The lowest BCUT2D eigenvalue weighted by atomic mass is 10.0. The maximum atomic E-state index is 12.9. The summed E-state index contributed by atoms with van der Waals surface area (Å²) >= 11 is 1.43. The Balaban J connectivity index is 1.84. The second-order valence-electron chi connectivity index (χ2n) is 5.87. The molecule has 4 rings (SSSR count). The fourth-order valence-electron chi connectivity index (χ4n) is 3.00. The Labute approximate surface area is 153 Å². The molecule has 2 heterocycles.